The van der Waals surface area contributed by atoms with E-state index in [9.17, 15) is 4.79 Å². The average molecular weight is 373 g/mol. The van der Waals surface area contributed by atoms with Gasteiger partial charge in [-0.2, -0.15) is 5.10 Å². The largest absolute Gasteiger partial charge is 0.361 e. The third-order valence-corrected chi connectivity index (χ3v) is 5.55. The number of likely N-dealkylation sites (tertiary alicyclic amines) is 1. The number of benzene rings is 2. The van der Waals surface area contributed by atoms with E-state index in [1.807, 2.05) is 18.3 Å². The molecule has 1 aliphatic rings. The Kier molecular flexibility index (Phi) is 4.33. The summed E-state index contributed by atoms with van der Waals surface area (Å²) in [5, 5.41) is 12.4. The Morgan fingerprint density at radius 1 is 1.07 bits per heavy atom. The summed E-state index contributed by atoms with van der Waals surface area (Å²) in [6.07, 6.45) is 7.34. The normalized spacial score (nSPS) is 15.3. The zero-order valence-electron chi connectivity index (χ0n) is 15.7. The second-order valence-electron chi connectivity index (χ2n) is 7.48. The minimum Gasteiger partial charge on any atom is -0.361 e. The molecule has 0 bridgehead atoms. The van der Waals surface area contributed by atoms with Gasteiger partial charge in [-0.1, -0.05) is 18.6 Å². The highest BCUT2D eigenvalue weighted by molar-refractivity contribution is 6.05. The summed E-state index contributed by atoms with van der Waals surface area (Å²) in [5.41, 5.74) is 4.99. The van der Waals surface area contributed by atoms with Gasteiger partial charge in [0.15, 0.2) is 0 Å². The number of carbonyl (C=O) groups excluding carboxylic acids is 1. The average Bonchev–Trinajstić information content (AvgIpc) is 3.37. The molecule has 6 nitrogen and oxygen atoms in total. The number of nitrogens with zero attached hydrogens (tertiary/aromatic N) is 2. The van der Waals surface area contributed by atoms with Gasteiger partial charge in [0.1, 0.15) is 0 Å². The molecule has 28 heavy (non-hydrogen) atoms. The van der Waals surface area contributed by atoms with Gasteiger partial charge in [0.05, 0.1) is 23.9 Å². The molecule has 1 fully saturated rings. The summed E-state index contributed by atoms with van der Waals surface area (Å²) in [6, 6.07) is 12.4. The van der Waals surface area contributed by atoms with E-state index in [2.05, 4.69) is 49.7 Å². The third-order valence-electron chi connectivity index (χ3n) is 5.55. The number of nitrogens with one attached hydrogen (secondary N) is 3. The van der Waals surface area contributed by atoms with E-state index >= 15 is 0 Å². The van der Waals surface area contributed by atoms with Crippen molar-refractivity contribution in [2.45, 2.75) is 19.3 Å². The smallest absolute Gasteiger partial charge is 0.238 e. The van der Waals surface area contributed by atoms with Crippen molar-refractivity contribution in [2.24, 2.45) is 0 Å². The van der Waals surface area contributed by atoms with E-state index in [0.717, 1.165) is 51.7 Å². The Hall–Kier alpha value is -3.12. The predicted octanol–water partition coefficient (Wildman–Crippen LogP) is 4.14. The van der Waals surface area contributed by atoms with E-state index in [1.54, 1.807) is 6.20 Å². The zero-order chi connectivity index (χ0) is 18.9. The first-order valence-corrected chi connectivity index (χ1v) is 9.84. The van der Waals surface area contributed by atoms with Gasteiger partial charge in [-0.25, -0.2) is 0 Å². The van der Waals surface area contributed by atoms with Crippen LogP contribution in [0.4, 0.5) is 5.69 Å². The fourth-order valence-electron chi connectivity index (χ4n) is 4.16. The van der Waals surface area contributed by atoms with Crippen molar-refractivity contribution >= 4 is 33.4 Å². The molecule has 3 N–H and O–H groups in total. The lowest BCUT2D eigenvalue weighted by atomic mass is 9.99. The summed E-state index contributed by atoms with van der Waals surface area (Å²) >= 11 is 0. The Labute approximate surface area is 162 Å². The number of fused-ring (bicyclic) bond motifs is 2. The highest BCUT2D eigenvalue weighted by atomic mass is 16.2. The number of hydrogen-bond donors (Lipinski definition) is 3. The lowest BCUT2D eigenvalue weighted by Gasteiger charge is -2.25. The Morgan fingerprint density at radius 2 is 1.96 bits per heavy atom. The summed E-state index contributed by atoms with van der Waals surface area (Å²) in [6.45, 7) is 2.45. The third kappa shape index (κ3) is 3.16. The van der Waals surface area contributed by atoms with Crippen LogP contribution in [0, 0.1) is 0 Å². The van der Waals surface area contributed by atoms with Crippen LogP contribution in [0.2, 0.25) is 0 Å². The predicted molar refractivity (Wildman–Crippen MR) is 112 cm³/mol. The number of aromatic amines is 2. The molecule has 2 aromatic carbocycles. The van der Waals surface area contributed by atoms with Crippen molar-refractivity contribution in [3.63, 3.8) is 0 Å². The van der Waals surface area contributed by atoms with Crippen LogP contribution in [0.5, 0.6) is 0 Å². The molecule has 1 amide bonds. The lowest BCUT2D eigenvalue weighted by Crippen LogP contribution is -2.36. The van der Waals surface area contributed by atoms with Crippen molar-refractivity contribution in [3.8, 4) is 11.1 Å². The van der Waals surface area contributed by atoms with Crippen LogP contribution in [0.25, 0.3) is 32.9 Å². The molecule has 3 heterocycles. The standard InChI is InChI=1S/C22H23N5O/c28-22(14-27-9-2-1-3-10-27)25-20-11-15(12-21-18(20)13-24-26-21)16-5-4-6-19-17(16)7-8-23-19/h4-8,11-13,23H,1-3,9-10,14H2,(H,24,26)(H,25,28). The van der Waals surface area contributed by atoms with Gasteiger partial charge in [-0.05, 0) is 61.3 Å². The Morgan fingerprint density at radius 3 is 2.86 bits per heavy atom. The number of piperidine rings is 1. The van der Waals surface area contributed by atoms with Crippen LogP contribution in [0.15, 0.2) is 48.8 Å². The number of carbonyl (C=O) groups is 1. The van der Waals surface area contributed by atoms with Crippen LogP contribution < -0.4 is 5.32 Å². The number of amides is 1. The Bertz CT molecular complexity index is 1140. The van der Waals surface area contributed by atoms with E-state index < -0.39 is 0 Å². The molecule has 6 heteroatoms. The van der Waals surface area contributed by atoms with Crippen molar-refractivity contribution in [1.29, 1.82) is 0 Å². The molecule has 0 radical (unpaired) electrons. The van der Waals surface area contributed by atoms with Gasteiger partial charge in [0.2, 0.25) is 5.91 Å². The number of hydrogen-bond acceptors (Lipinski definition) is 3. The lowest BCUT2D eigenvalue weighted by molar-refractivity contribution is -0.117. The van der Waals surface area contributed by atoms with Crippen molar-refractivity contribution in [1.82, 2.24) is 20.1 Å². The molecule has 0 saturated carbocycles. The zero-order valence-corrected chi connectivity index (χ0v) is 15.7. The summed E-state index contributed by atoms with van der Waals surface area (Å²) in [7, 11) is 0. The molecule has 1 saturated heterocycles. The maximum Gasteiger partial charge on any atom is 0.238 e. The molecule has 142 valence electrons. The molecule has 0 atom stereocenters. The van der Waals surface area contributed by atoms with Crippen LogP contribution in [-0.4, -0.2) is 45.6 Å². The fourth-order valence-corrected chi connectivity index (χ4v) is 4.16. The highest BCUT2D eigenvalue weighted by Crippen LogP contribution is 2.33. The fraction of sp³-hybridized carbons (Fsp3) is 0.273. The molecule has 5 rings (SSSR count). The summed E-state index contributed by atoms with van der Waals surface area (Å²) in [4.78, 5) is 18.2. The van der Waals surface area contributed by atoms with Crippen molar-refractivity contribution < 1.29 is 4.79 Å². The SMILES string of the molecule is O=C(CN1CCCCC1)Nc1cc(-c2cccc3[nH]ccc23)cc2[nH]ncc12. The van der Waals surface area contributed by atoms with Crippen molar-refractivity contribution in [2.75, 3.05) is 25.0 Å². The molecular formula is C22H23N5O. The molecule has 1 aliphatic heterocycles. The molecule has 2 aromatic heterocycles. The van der Waals surface area contributed by atoms with Crippen LogP contribution in [0.3, 0.4) is 0 Å². The van der Waals surface area contributed by atoms with E-state index in [0.29, 0.717) is 6.54 Å². The second-order valence-corrected chi connectivity index (χ2v) is 7.48. The maximum absolute atomic E-state index is 12.7. The minimum absolute atomic E-state index is 0.0291. The topological polar surface area (TPSA) is 76.8 Å². The first kappa shape index (κ1) is 17.0. The van der Waals surface area contributed by atoms with E-state index in [4.69, 9.17) is 0 Å². The molecular weight excluding hydrogens is 350 g/mol. The number of aromatic nitrogens is 3. The summed E-state index contributed by atoms with van der Waals surface area (Å²) in [5.74, 6) is 0.0291. The van der Waals surface area contributed by atoms with Gasteiger partial charge < -0.3 is 10.3 Å². The van der Waals surface area contributed by atoms with Crippen LogP contribution in [0.1, 0.15) is 19.3 Å². The van der Waals surface area contributed by atoms with Gasteiger partial charge in [0.25, 0.3) is 0 Å². The number of anilines is 1. The number of H-pyrrole nitrogens is 2. The highest BCUT2D eigenvalue weighted by Gasteiger charge is 2.16. The van der Waals surface area contributed by atoms with Gasteiger partial charge in [-0.3, -0.25) is 14.8 Å². The van der Waals surface area contributed by atoms with E-state index in [1.165, 1.54) is 19.3 Å². The van der Waals surface area contributed by atoms with Crippen LogP contribution in [-0.2, 0) is 4.79 Å². The molecule has 4 aromatic rings. The van der Waals surface area contributed by atoms with Gasteiger partial charge in [-0.15, -0.1) is 0 Å². The van der Waals surface area contributed by atoms with E-state index in [-0.39, 0.29) is 5.91 Å². The maximum atomic E-state index is 12.7. The van der Waals surface area contributed by atoms with Crippen LogP contribution >= 0.6 is 0 Å². The van der Waals surface area contributed by atoms with Crippen molar-refractivity contribution in [3.05, 3.63) is 48.8 Å². The quantitative estimate of drug-likeness (QED) is 0.503. The Balaban J connectivity index is 1.49. The monoisotopic (exact) mass is 373 g/mol. The van der Waals surface area contributed by atoms with Gasteiger partial charge in [0, 0.05) is 22.5 Å². The minimum atomic E-state index is 0.0291. The molecule has 0 spiro atoms. The first-order chi connectivity index (χ1) is 13.8. The molecule has 0 aliphatic carbocycles. The number of rotatable bonds is 4. The van der Waals surface area contributed by atoms with Gasteiger partial charge >= 0.3 is 0 Å². The molecule has 0 unspecified atom stereocenters. The summed E-state index contributed by atoms with van der Waals surface area (Å²) < 4.78 is 0. The second kappa shape index (κ2) is 7.13. The first-order valence-electron chi connectivity index (χ1n) is 9.84.